The number of aryl methyl sites for hydroxylation is 1. The van der Waals surface area contributed by atoms with Gasteiger partial charge in [-0.05, 0) is 37.3 Å². The number of anilines is 1. The molecule has 0 aliphatic carbocycles. The van der Waals surface area contributed by atoms with Crippen LogP contribution in [0.1, 0.15) is 16.2 Å². The van der Waals surface area contributed by atoms with Gasteiger partial charge in [-0.3, -0.25) is 4.79 Å². The average molecular weight is 295 g/mol. The number of nitrogens with zero attached hydrogens (tertiary/aromatic N) is 2. The molecule has 0 saturated carbocycles. The van der Waals surface area contributed by atoms with E-state index in [4.69, 9.17) is 4.55 Å². The maximum Gasteiger partial charge on any atom is 0.276 e. The van der Waals surface area contributed by atoms with Crippen molar-refractivity contribution in [2.24, 2.45) is 0 Å². The highest BCUT2D eigenvalue weighted by Gasteiger charge is 2.14. The van der Waals surface area contributed by atoms with E-state index in [1.54, 1.807) is 13.0 Å². The number of carbonyl (C=O) groups excluding carboxylic acids is 1. The maximum atomic E-state index is 13.0. The van der Waals surface area contributed by atoms with Gasteiger partial charge in [-0.15, -0.1) is 5.10 Å². The van der Waals surface area contributed by atoms with Gasteiger partial charge in [0.25, 0.3) is 5.91 Å². The summed E-state index contributed by atoms with van der Waals surface area (Å²) in [5.74, 6) is -1.27. The Labute approximate surface area is 116 Å². The molecule has 2 N–H and O–H groups in total. The predicted molar refractivity (Wildman–Crippen MR) is 70.2 cm³/mol. The quantitative estimate of drug-likeness (QED) is 0.842. The average Bonchev–Trinajstić information content (AvgIpc) is 2.41. The van der Waals surface area contributed by atoms with Gasteiger partial charge in [0.2, 0.25) is 0 Å². The van der Waals surface area contributed by atoms with E-state index in [0.717, 1.165) is 12.1 Å². The second kappa shape index (κ2) is 5.85. The molecule has 0 fully saturated rings. The fourth-order valence-corrected chi connectivity index (χ4v) is 1.97. The van der Waals surface area contributed by atoms with E-state index in [1.165, 1.54) is 12.1 Å². The molecule has 1 aromatic heterocycles. The zero-order valence-electron chi connectivity index (χ0n) is 10.3. The highest BCUT2D eigenvalue weighted by atomic mass is 32.2. The highest BCUT2D eigenvalue weighted by molar-refractivity contribution is 7.79. The van der Waals surface area contributed by atoms with Gasteiger partial charge < -0.3 is 9.87 Å². The lowest BCUT2D eigenvalue weighted by Gasteiger charge is -2.08. The summed E-state index contributed by atoms with van der Waals surface area (Å²) >= 11 is -2.42. The van der Waals surface area contributed by atoms with Crippen LogP contribution in [0.4, 0.5) is 10.1 Å². The third-order valence-corrected chi connectivity index (χ3v) is 3.12. The van der Waals surface area contributed by atoms with Crippen LogP contribution < -0.4 is 5.32 Å². The fraction of sp³-hybridized carbons (Fsp3) is 0.0833. The van der Waals surface area contributed by atoms with Gasteiger partial charge in [-0.25, -0.2) is 8.60 Å². The van der Waals surface area contributed by atoms with E-state index in [0.29, 0.717) is 5.69 Å². The van der Waals surface area contributed by atoms with Crippen molar-refractivity contribution < 1.29 is 17.9 Å². The number of nitrogens with one attached hydrogen (secondary N) is 1. The van der Waals surface area contributed by atoms with Gasteiger partial charge in [0.1, 0.15) is 5.82 Å². The van der Waals surface area contributed by atoms with E-state index in [2.05, 4.69) is 15.5 Å². The third kappa shape index (κ3) is 3.22. The third-order valence-electron chi connectivity index (χ3n) is 2.41. The van der Waals surface area contributed by atoms with Crippen molar-refractivity contribution in [1.82, 2.24) is 10.2 Å². The molecule has 1 heterocycles. The second-order valence-corrected chi connectivity index (χ2v) is 4.84. The first-order valence-corrected chi connectivity index (χ1v) is 6.60. The molecule has 0 saturated heterocycles. The molecular formula is C12H10FN3O3S. The fourth-order valence-electron chi connectivity index (χ4n) is 1.45. The summed E-state index contributed by atoms with van der Waals surface area (Å²) < 4.78 is 33.2. The molecule has 2 rings (SSSR count). The first kappa shape index (κ1) is 14.2. The van der Waals surface area contributed by atoms with Crippen LogP contribution in [-0.4, -0.2) is 24.9 Å². The summed E-state index contributed by atoms with van der Waals surface area (Å²) in [5, 5.41) is 9.82. The van der Waals surface area contributed by atoms with Gasteiger partial charge in [0.05, 0.1) is 16.3 Å². The van der Waals surface area contributed by atoms with Crippen LogP contribution in [0.2, 0.25) is 0 Å². The van der Waals surface area contributed by atoms with Crippen LogP contribution in [0, 0.1) is 12.7 Å². The van der Waals surface area contributed by atoms with Crippen LogP contribution in [0.15, 0.2) is 35.2 Å². The van der Waals surface area contributed by atoms with Crippen LogP contribution in [0.3, 0.4) is 0 Å². The molecule has 6 nitrogen and oxygen atoms in total. The van der Waals surface area contributed by atoms with Crippen molar-refractivity contribution in [2.75, 3.05) is 5.32 Å². The smallest absolute Gasteiger partial charge is 0.276 e. The van der Waals surface area contributed by atoms with E-state index in [1.807, 2.05) is 0 Å². The molecule has 104 valence electrons. The standard InChI is InChI=1S/C12H10FN3O3S/c1-7-2-4-10(16-15-7)12(17)14-9-5-3-8(13)6-11(9)20(18)19/h2-6H,1H3,(H,14,17)(H,18,19). The highest BCUT2D eigenvalue weighted by Crippen LogP contribution is 2.20. The van der Waals surface area contributed by atoms with Crippen LogP contribution >= 0.6 is 0 Å². The topological polar surface area (TPSA) is 92.2 Å². The summed E-state index contributed by atoms with van der Waals surface area (Å²) in [6, 6.07) is 6.24. The molecule has 0 aliphatic rings. The van der Waals surface area contributed by atoms with Crippen LogP contribution in [-0.2, 0) is 11.1 Å². The van der Waals surface area contributed by atoms with Gasteiger partial charge in [0, 0.05) is 0 Å². The van der Waals surface area contributed by atoms with Crippen molar-refractivity contribution in [3.63, 3.8) is 0 Å². The molecule has 0 radical (unpaired) electrons. The van der Waals surface area contributed by atoms with Crippen molar-refractivity contribution in [3.8, 4) is 0 Å². The van der Waals surface area contributed by atoms with E-state index in [-0.39, 0.29) is 16.3 Å². The molecule has 0 bridgehead atoms. The lowest BCUT2D eigenvalue weighted by Crippen LogP contribution is -2.16. The van der Waals surface area contributed by atoms with E-state index in [9.17, 15) is 13.4 Å². The SMILES string of the molecule is Cc1ccc(C(=O)Nc2ccc(F)cc2S(=O)O)nn1. The Morgan fingerprint density at radius 2 is 2.05 bits per heavy atom. The van der Waals surface area contributed by atoms with E-state index < -0.39 is 22.8 Å². The minimum Gasteiger partial charge on any atom is -0.319 e. The number of rotatable bonds is 3. The first-order valence-electron chi connectivity index (χ1n) is 5.49. The molecular weight excluding hydrogens is 285 g/mol. The Morgan fingerprint density at radius 3 is 2.65 bits per heavy atom. The molecule has 2 aromatic rings. The van der Waals surface area contributed by atoms with Crippen molar-refractivity contribution in [3.05, 3.63) is 47.5 Å². The number of amides is 1. The Hall–Kier alpha value is -2.19. The lowest BCUT2D eigenvalue weighted by molar-refractivity contribution is 0.102. The predicted octanol–water partition coefficient (Wildman–Crippen LogP) is 1.76. The summed E-state index contributed by atoms with van der Waals surface area (Å²) in [5.41, 5.74) is 0.745. The number of benzene rings is 1. The largest absolute Gasteiger partial charge is 0.319 e. The molecule has 0 spiro atoms. The van der Waals surface area contributed by atoms with Crippen molar-refractivity contribution in [1.29, 1.82) is 0 Å². The van der Waals surface area contributed by atoms with Crippen LogP contribution in [0.5, 0.6) is 0 Å². The molecule has 1 aromatic carbocycles. The summed E-state index contributed by atoms with van der Waals surface area (Å²) in [6.45, 7) is 1.72. The van der Waals surface area contributed by atoms with Crippen molar-refractivity contribution in [2.45, 2.75) is 11.8 Å². The number of aromatic nitrogens is 2. The minimum absolute atomic E-state index is 0.0413. The number of halogens is 1. The Kier molecular flexibility index (Phi) is 4.16. The zero-order valence-corrected chi connectivity index (χ0v) is 11.1. The van der Waals surface area contributed by atoms with Gasteiger partial charge in [0.15, 0.2) is 16.8 Å². The number of hydrogen-bond donors (Lipinski definition) is 2. The van der Waals surface area contributed by atoms with Gasteiger partial charge in [-0.2, -0.15) is 5.10 Å². The summed E-state index contributed by atoms with van der Waals surface area (Å²) in [4.78, 5) is 11.7. The van der Waals surface area contributed by atoms with Crippen LogP contribution in [0.25, 0.3) is 0 Å². The normalized spacial score (nSPS) is 11.9. The minimum atomic E-state index is -2.42. The summed E-state index contributed by atoms with van der Waals surface area (Å²) in [6.07, 6.45) is 0. The molecule has 1 unspecified atom stereocenters. The second-order valence-electron chi connectivity index (χ2n) is 3.90. The zero-order chi connectivity index (χ0) is 14.7. The molecule has 1 amide bonds. The van der Waals surface area contributed by atoms with E-state index >= 15 is 0 Å². The number of hydrogen-bond acceptors (Lipinski definition) is 4. The Bertz CT molecular complexity index is 676. The van der Waals surface area contributed by atoms with Crippen molar-refractivity contribution >= 4 is 22.7 Å². The number of carbonyl (C=O) groups is 1. The Balaban J connectivity index is 2.28. The van der Waals surface area contributed by atoms with Gasteiger partial charge >= 0.3 is 0 Å². The molecule has 8 heteroatoms. The van der Waals surface area contributed by atoms with Gasteiger partial charge in [-0.1, -0.05) is 0 Å². The Morgan fingerprint density at radius 1 is 1.30 bits per heavy atom. The molecule has 0 aliphatic heterocycles. The first-order chi connectivity index (χ1) is 9.47. The maximum absolute atomic E-state index is 13.0. The molecule has 1 atom stereocenters. The summed E-state index contributed by atoms with van der Waals surface area (Å²) in [7, 11) is 0. The lowest BCUT2D eigenvalue weighted by atomic mass is 10.3. The molecule has 20 heavy (non-hydrogen) atoms. The monoisotopic (exact) mass is 295 g/mol.